The van der Waals surface area contributed by atoms with E-state index in [1.807, 2.05) is 6.92 Å². The molecule has 10 nitrogen and oxygen atoms in total. The van der Waals surface area contributed by atoms with E-state index >= 15 is 0 Å². The molecule has 0 spiro atoms. The van der Waals surface area contributed by atoms with Gasteiger partial charge >= 0.3 is 23.9 Å². The Morgan fingerprint density at radius 3 is 1.89 bits per heavy atom. The maximum atomic E-state index is 11.6. The van der Waals surface area contributed by atoms with Crippen LogP contribution in [-0.2, 0) is 42.9 Å². The maximum absolute atomic E-state index is 11.6. The van der Waals surface area contributed by atoms with Crippen LogP contribution >= 0.6 is 0 Å². The van der Waals surface area contributed by atoms with Gasteiger partial charge in [-0.2, -0.15) is 0 Å². The molecule has 1 fully saturated rings. The van der Waals surface area contributed by atoms with Crippen molar-refractivity contribution in [3.63, 3.8) is 0 Å². The Hall–Kier alpha value is -2.20. The van der Waals surface area contributed by atoms with E-state index in [0.29, 0.717) is 6.54 Å². The summed E-state index contributed by atoms with van der Waals surface area (Å²) < 4.78 is 26.6. The summed E-state index contributed by atoms with van der Waals surface area (Å²) in [5.41, 5.74) is 0. The smallest absolute Gasteiger partial charge is 0.304 e. The SMILES string of the molecule is CCCN[C@H]1C(OC(C)=O)O[C@H](COC(C)=O)[C@@H](OC(C)=O)[C@@H]1OC(C)=O. The fourth-order valence-electron chi connectivity index (χ4n) is 2.69. The second-order valence-electron chi connectivity index (χ2n) is 6.08. The summed E-state index contributed by atoms with van der Waals surface area (Å²) in [5.74, 6) is -2.43. The largest absolute Gasteiger partial charge is 0.463 e. The predicted octanol–water partition coefficient (Wildman–Crippen LogP) is 0.0691. The Morgan fingerprint density at radius 2 is 1.41 bits per heavy atom. The highest BCUT2D eigenvalue weighted by atomic mass is 16.7. The molecule has 0 aromatic heterocycles. The molecule has 27 heavy (non-hydrogen) atoms. The van der Waals surface area contributed by atoms with Gasteiger partial charge in [0.05, 0.1) is 0 Å². The molecule has 1 saturated heterocycles. The molecule has 154 valence electrons. The summed E-state index contributed by atoms with van der Waals surface area (Å²) in [6.45, 7) is 6.97. The minimum atomic E-state index is -1.13. The van der Waals surface area contributed by atoms with Crippen LogP contribution in [0.2, 0.25) is 0 Å². The lowest BCUT2D eigenvalue weighted by Gasteiger charge is -2.44. The van der Waals surface area contributed by atoms with Crippen molar-refractivity contribution in [2.24, 2.45) is 0 Å². The molecule has 1 rings (SSSR count). The Balaban J connectivity index is 3.22. The molecule has 0 amide bonds. The summed E-state index contributed by atoms with van der Waals surface area (Å²) in [4.78, 5) is 45.9. The molecule has 1 heterocycles. The van der Waals surface area contributed by atoms with E-state index in [1.54, 1.807) is 0 Å². The Bertz CT molecular complexity index is 551. The van der Waals surface area contributed by atoms with Crippen molar-refractivity contribution in [1.82, 2.24) is 5.32 Å². The summed E-state index contributed by atoms with van der Waals surface area (Å²) in [5, 5.41) is 3.09. The van der Waals surface area contributed by atoms with Crippen LogP contribution in [0.3, 0.4) is 0 Å². The lowest BCUT2D eigenvalue weighted by molar-refractivity contribution is -0.271. The molecule has 1 unspecified atom stereocenters. The van der Waals surface area contributed by atoms with E-state index in [1.165, 1.54) is 27.7 Å². The molecule has 10 heteroatoms. The molecular formula is C17H27NO9. The first kappa shape index (κ1) is 22.8. The van der Waals surface area contributed by atoms with E-state index < -0.39 is 54.5 Å². The zero-order valence-corrected chi connectivity index (χ0v) is 16.2. The number of nitrogens with one attached hydrogen (secondary N) is 1. The quantitative estimate of drug-likeness (QED) is 0.450. The molecule has 0 saturated carbocycles. The van der Waals surface area contributed by atoms with Crippen molar-refractivity contribution in [3.05, 3.63) is 0 Å². The number of carbonyl (C=O) groups excluding carboxylic acids is 4. The van der Waals surface area contributed by atoms with Gasteiger partial charge in [-0.15, -0.1) is 0 Å². The third kappa shape index (κ3) is 7.51. The third-order valence-corrected chi connectivity index (χ3v) is 3.61. The van der Waals surface area contributed by atoms with Crippen molar-refractivity contribution in [3.8, 4) is 0 Å². The van der Waals surface area contributed by atoms with Crippen molar-refractivity contribution in [1.29, 1.82) is 0 Å². The van der Waals surface area contributed by atoms with Gasteiger partial charge in [-0.25, -0.2) is 0 Å². The lowest BCUT2D eigenvalue weighted by atomic mass is 9.96. The van der Waals surface area contributed by atoms with Crippen LogP contribution in [0.1, 0.15) is 41.0 Å². The van der Waals surface area contributed by atoms with Gasteiger partial charge < -0.3 is 29.0 Å². The van der Waals surface area contributed by atoms with Crippen LogP contribution in [0.25, 0.3) is 0 Å². The summed E-state index contributed by atoms with van der Waals surface area (Å²) in [6.07, 6.45) is -3.47. The average Bonchev–Trinajstić information content (AvgIpc) is 2.53. The lowest BCUT2D eigenvalue weighted by Crippen LogP contribution is -2.66. The summed E-state index contributed by atoms with van der Waals surface area (Å²) >= 11 is 0. The first-order chi connectivity index (χ1) is 12.6. The van der Waals surface area contributed by atoms with Gasteiger partial charge in [0.15, 0.2) is 12.2 Å². The molecule has 0 aliphatic carbocycles. The first-order valence-corrected chi connectivity index (χ1v) is 8.69. The minimum Gasteiger partial charge on any atom is -0.463 e. The molecule has 0 aromatic carbocycles. The Morgan fingerprint density at radius 1 is 0.852 bits per heavy atom. The molecular weight excluding hydrogens is 362 g/mol. The van der Waals surface area contributed by atoms with Crippen LogP contribution in [0.5, 0.6) is 0 Å². The molecule has 1 aliphatic heterocycles. The van der Waals surface area contributed by atoms with Crippen LogP contribution in [0, 0.1) is 0 Å². The molecule has 1 N–H and O–H groups in total. The normalized spacial score (nSPS) is 27.4. The van der Waals surface area contributed by atoms with Crippen LogP contribution in [0.4, 0.5) is 0 Å². The Kier molecular flexibility index (Phi) is 9.16. The predicted molar refractivity (Wildman–Crippen MR) is 90.2 cm³/mol. The van der Waals surface area contributed by atoms with Gasteiger partial charge in [-0.3, -0.25) is 19.2 Å². The second-order valence-corrected chi connectivity index (χ2v) is 6.08. The number of esters is 4. The Labute approximate surface area is 157 Å². The highest BCUT2D eigenvalue weighted by Gasteiger charge is 2.51. The molecule has 5 atom stereocenters. The van der Waals surface area contributed by atoms with Gasteiger partial charge in [-0.1, -0.05) is 6.92 Å². The van der Waals surface area contributed by atoms with Gasteiger partial charge in [-0.05, 0) is 13.0 Å². The third-order valence-electron chi connectivity index (χ3n) is 3.61. The number of carbonyl (C=O) groups is 4. The molecule has 0 bridgehead atoms. The average molecular weight is 389 g/mol. The highest BCUT2D eigenvalue weighted by Crippen LogP contribution is 2.28. The number of rotatable bonds is 8. The van der Waals surface area contributed by atoms with Crippen molar-refractivity contribution < 1.29 is 42.9 Å². The number of hydrogen-bond acceptors (Lipinski definition) is 10. The van der Waals surface area contributed by atoms with Crippen molar-refractivity contribution >= 4 is 23.9 Å². The molecule has 1 aliphatic rings. The fourth-order valence-corrected chi connectivity index (χ4v) is 2.69. The number of ether oxygens (including phenoxy) is 5. The standard InChI is InChI=1S/C17H27NO9/c1-6-7-18-14-16(25-11(4)21)15(24-10(3)20)13(8-23-9(2)19)27-17(14)26-12(5)22/h13-18H,6-8H2,1-5H3/t13-,14-,15-,16-,17?/m1/s1. The minimum absolute atomic E-state index is 0.274. The van der Waals surface area contributed by atoms with Gasteiger partial charge in [0.1, 0.15) is 18.8 Å². The summed E-state index contributed by atoms with van der Waals surface area (Å²) in [7, 11) is 0. The maximum Gasteiger partial charge on any atom is 0.304 e. The zero-order valence-electron chi connectivity index (χ0n) is 16.2. The summed E-state index contributed by atoms with van der Waals surface area (Å²) in [6, 6.07) is -0.782. The topological polar surface area (TPSA) is 126 Å². The van der Waals surface area contributed by atoms with Gasteiger partial charge in [0, 0.05) is 27.7 Å². The monoisotopic (exact) mass is 389 g/mol. The van der Waals surface area contributed by atoms with Crippen LogP contribution in [-0.4, -0.2) is 67.7 Å². The zero-order chi connectivity index (χ0) is 20.6. The highest BCUT2D eigenvalue weighted by molar-refractivity contribution is 5.68. The van der Waals surface area contributed by atoms with Gasteiger partial charge in [0.2, 0.25) is 6.29 Å². The van der Waals surface area contributed by atoms with Crippen LogP contribution < -0.4 is 5.32 Å². The fraction of sp³-hybridized carbons (Fsp3) is 0.765. The molecule has 0 aromatic rings. The van der Waals surface area contributed by atoms with E-state index in [0.717, 1.165) is 6.42 Å². The van der Waals surface area contributed by atoms with E-state index in [9.17, 15) is 19.2 Å². The number of hydrogen-bond donors (Lipinski definition) is 1. The second kappa shape index (κ2) is 10.8. The van der Waals surface area contributed by atoms with Gasteiger partial charge in [0.25, 0.3) is 0 Å². The van der Waals surface area contributed by atoms with E-state index in [-0.39, 0.29) is 6.61 Å². The molecule has 0 radical (unpaired) electrons. The van der Waals surface area contributed by atoms with Crippen molar-refractivity contribution in [2.45, 2.75) is 71.7 Å². The van der Waals surface area contributed by atoms with E-state index in [2.05, 4.69) is 5.32 Å². The van der Waals surface area contributed by atoms with Crippen molar-refractivity contribution in [2.75, 3.05) is 13.2 Å². The van der Waals surface area contributed by atoms with E-state index in [4.69, 9.17) is 23.7 Å². The first-order valence-electron chi connectivity index (χ1n) is 8.69. The van der Waals surface area contributed by atoms with Crippen LogP contribution in [0.15, 0.2) is 0 Å².